The second-order valence-corrected chi connectivity index (χ2v) is 16.6. The first kappa shape index (κ1) is 53.2. The minimum Gasteiger partial charge on any atom is -0.481 e. The van der Waals surface area contributed by atoms with Gasteiger partial charge >= 0.3 is 11.9 Å². The summed E-state index contributed by atoms with van der Waals surface area (Å²) >= 11 is 0. The molecule has 0 aromatic heterocycles. The van der Waals surface area contributed by atoms with E-state index in [1.807, 2.05) is 0 Å². The zero-order chi connectivity index (χ0) is 39.8. The Labute approximate surface area is 343 Å². The van der Waals surface area contributed by atoms with Crippen molar-refractivity contribution in [3.63, 3.8) is 0 Å². The van der Waals surface area contributed by atoms with E-state index in [1.165, 1.54) is 199 Å². The lowest BCUT2D eigenvalue weighted by Crippen LogP contribution is -2.05. The molecular weight excluding hydrogens is 677 g/mol. The van der Waals surface area contributed by atoms with Crippen molar-refractivity contribution < 1.29 is 19.4 Å². The number of carboxylic acids is 1. The number of unbranched alkanes of at least 4 members (excludes halogenated alkanes) is 34. The molecule has 0 rings (SSSR count). The quantitative estimate of drug-likeness (QED) is 0.0380. The lowest BCUT2D eigenvalue weighted by molar-refractivity contribution is -0.144. The maximum atomic E-state index is 12.0. The van der Waals surface area contributed by atoms with Gasteiger partial charge in [0.2, 0.25) is 0 Å². The maximum absolute atomic E-state index is 12.0. The van der Waals surface area contributed by atoms with Gasteiger partial charge in [-0.15, -0.1) is 0 Å². The predicted molar refractivity (Wildman–Crippen MR) is 241 cm³/mol. The first-order valence-corrected chi connectivity index (χ1v) is 24.5. The molecule has 4 nitrogen and oxygen atoms in total. The van der Waals surface area contributed by atoms with Crippen molar-refractivity contribution in [1.29, 1.82) is 0 Å². The zero-order valence-electron chi connectivity index (χ0n) is 36.8. The molecule has 0 amide bonds. The van der Waals surface area contributed by atoms with Crippen LogP contribution in [-0.2, 0) is 14.3 Å². The molecule has 0 bridgehead atoms. The molecule has 0 radical (unpaired) electrons. The third kappa shape index (κ3) is 50.1. The number of ether oxygens (including phenoxy) is 1. The van der Waals surface area contributed by atoms with Gasteiger partial charge in [-0.25, -0.2) is 0 Å². The van der Waals surface area contributed by atoms with Crippen molar-refractivity contribution >= 4 is 11.9 Å². The van der Waals surface area contributed by atoms with Crippen LogP contribution < -0.4 is 0 Å². The Hall–Kier alpha value is -1.84. The number of carbonyl (C=O) groups excluding carboxylic acids is 1. The Morgan fingerprint density at radius 3 is 1.02 bits per heavy atom. The van der Waals surface area contributed by atoms with Gasteiger partial charge in [-0.1, -0.05) is 242 Å². The van der Waals surface area contributed by atoms with Crippen molar-refractivity contribution in [2.75, 3.05) is 6.61 Å². The van der Waals surface area contributed by atoms with Crippen molar-refractivity contribution in [2.45, 2.75) is 270 Å². The first-order valence-electron chi connectivity index (χ1n) is 24.5. The number of hydrogen-bond donors (Lipinski definition) is 1. The summed E-state index contributed by atoms with van der Waals surface area (Å²) in [7, 11) is 0. The molecule has 0 aliphatic heterocycles. The Kier molecular flexibility index (Phi) is 46.7. The van der Waals surface area contributed by atoms with Crippen LogP contribution in [0, 0.1) is 0 Å². The number of aliphatic carboxylic acids is 1. The minimum atomic E-state index is -0.653. The van der Waals surface area contributed by atoms with Crippen molar-refractivity contribution in [2.24, 2.45) is 0 Å². The van der Waals surface area contributed by atoms with Crippen molar-refractivity contribution in [3.8, 4) is 0 Å². The number of allylic oxidation sites excluding steroid dienone is 6. The summed E-state index contributed by atoms with van der Waals surface area (Å²) in [5, 5.41) is 8.66. The molecule has 0 saturated heterocycles. The van der Waals surface area contributed by atoms with Gasteiger partial charge in [0.15, 0.2) is 0 Å². The summed E-state index contributed by atoms with van der Waals surface area (Å²) in [5.41, 5.74) is 0. The van der Waals surface area contributed by atoms with Gasteiger partial charge in [0.1, 0.15) is 0 Å². The number of carboxylic acid groups (broad SMARTS) is 1. The van der Waals surface area contributed by atoms with Gasteiger partial charge in [0.25, 0.3) is 0 Å². The van der Waals surface area contributed by atoms with Gasteiger partial charge < -0.3 is 9.84 Å². The van der Waals surface area contributed by atoms with E-state index in [4.69, 9.17) is 9.84 Å². The molecule has 55 heavy (non-hydrogen) atoms. The van der Waals surface area contributed by atoms with Crippen LogP contribution in [0.25, 0.3) is 0 Å². The fraction of sp³-hybridized carbons (Fsp3) is 0.843. The van der Waals surface area contributed by atoms with Crippen molar-refractivity contribution in [1.82, 2.24) is 0 Å². The molecule has 0 atom stereocenters. The minimum absolute atomic E-state index is 0.00369. The van der Waals surface area contributed by atoms with Gasteiger partial charge in [0, 0.05) is 12.8 Å². The van der Waals surface area contributed by atoms with Crippen LogP contribution in [-0.4, -0.2) is 23.7 Å². The van der Waals surface area contributed by atoms with Crippen LogP contribution in [0.1, 0.15) is 270 Å². The van der Waals surface area contributed by atoms with Crippen LogP contribution in [0.4, 0.5) is 0 Å². The highest BCUT2D eigenvalue weighted by Crippen LogP contribution is 2.17. The molecule has 0 unspecified atom stereocenters. The lowest BCUT2D eigenvalue weighted by atomic mass is 10.0. The predicted octanol–water partition coefficient (Wildman–Crippen LogP) is 17.3. The molecule has 0 spiro atoms. The van der Waals surface area contributed by atoms with E-state index in [9.17, 15) is 9.59 Å². The van der Waals surface area contributed by atoms with Crippen molar-refractivity contribution in [3.05, 3.63) is 36.5 Å². The van der Waals surface area contributed by atoms with E-state index >= 15 is 0 Å². The molecule has 0 aliphatic carbocycles. The van der Waals surface area contributed by atoms with E-state index in [0.717, 1.165) is 51.4 Å². The summed E-state index contributed by atoms with van der Waals surface area (Å²) in [6.07, 6.45) is 65.1. The lowest BCUT2D eigenvalue weighted by Gasteiger charge is -2.06. The number of rotatable bonds is 46. The summed E-state index contributed by atoms with van der Waals surface area (Å²) in [5.74, 6) is -0.650. The second-order valence-electron chi connectivity index (χ2n) is 16.6. The topological polar surface area (TPSA) is 63.6 Å². The third-order valence-electron chi connectivity index (χ3n) is 11.1. The Balaban J connectivity index is 3.17. The maximum Gasteiger partial charge on any atom is 0.305 e. The average Bonchev–Trinajstić information content (AvgIpc) is 3.18. The second kappa shape index (κ2) is 48.3. The summed E-state index contributed by atoms with van der Waals surface area (Å²) < 4.78 is 5.46. The Morgan fingerprint density at radius 1 is 0.364 bits per heavy atom. The van der Waals surface area contributed by atoms with E-state index < -0.39 is 5.97 Å². The number of esters is 1. The standard InChI is InChI=1S/C51H94O4/c1-2-3-4-5-6-7-8-9-26-30-33-36-39-42-45-48-51(54)55-49-46-43-40-37-34-31-28-25-23-21-19-17-15-13-11-10-12-14-16-18-20-22-24-27-29-32-35-38-41-44-47-50(52)53/h3-4,6-7,9,26H,2,5,8,10-25,27-49H2,1H3,(H,52,53)/b4-3-,7-6-,26-9-. The normalized spacial score (nSPS) is 11.9. The van der Waals surface area contributed by atoms with Gasteiger partial charge in [-0.2, -0.15) is 0 Å². The summed E-state index contributed by atoms with van der Waals surface area (Å²) in [6.45, 7) is 2.78. The SMILES string of the molecule is CC/C=C\C/C=C\C/C=C\CCCCCCCC(=O)OCCCCCCCCCCCCCCCCCCCCCCCCCCCCCCCCC(=O)O. The zero-order valence-corrected chi connectivity index (χ0v) is 36.8. The van der Waals surface area contributed by atoms with Crippen LogP contribution in [0.2, 0.25) is 0 Å². The fourth-order valence-corrected chi connectivity index (χ4v) is 7.47. The van der Waals surface area contributed by atoms with E-state index in [-0.39, 0.29) is 5.97 Å². The number of carbonyl (C=O) groups is 2. The van der Waals surface area contributed by atoms with Crippen LogP contribution in [0.3, 0.4) is 0 Å². The summed E-state index contributed by atoms with van der Waals surface area (Å²) in [6, 6.07) is 0. The molecule has 322 valence electrons. The molecule has 1 N–H and O–H groups in total. The molecule has 0 aromatic rings. The highest BCUT2D eigenvalue weighted by atomic mass is 16.5. The Bertz CT molecular complexity index is 859. The van der Waals surface area contributed by atoms with E-state index in [1.54, 1.807) is 0 Å². The highest BCUT2D eigenvalue weighted by Gasteiger charge is 2.03. The summed E-state index contributed by atoms with van der Waals surface area (Å²) in [4.78, 5) is 22.5. The molecule has 0 saturated carbocycles. The third-order valence-corrected chi connectivity index (χ3v) is 11.1. The van der Waals surface area contributed by atoms with E-state index in [2.05, 4.69) is 43.4 Å². The largest absolute Gasteiger partial charge is 0.481 e. The number of hydrogen-bond acceptors (Lipinski definition) is 3. The first-order chi connectivity index (χ1) is 27.2. The molecule has 0 heterocycles. The van der Waals surface area contributed by atoms with Crippen LogP contribution in [0.15, 0.2) is 36.5 Å². The molecular formula is C51H94O4. The molecule has 4 heteroatoms. The highest BCUT2D eigenvalue weighted by molar-refractivity contribution is 5.69. The van der Waals surface area contributed by atoms with Gasteiger partial charge in [0.05, 0.1) is 6.61 Å². The van der Waals surface area contributed by atoms with E-state index in [0.29, 0.717) is 19.4 Å². The smallest absolute Gasteiger partial charge is 0.305 e. The Morgan fingerprint density at radius 2 is 0.655 bits per heavy atom. The van der Waals surface area contributed by atoms with Gasteiger partial charge in [-0.05, 0) is 51.4 Å². The average molecular weight is 771 g/mol. The molecule has 0 fully saturated rings. The van der Waals surface area contributed by atoms with Crippen LogP contribution in [0.5, 0.6) is 0 Å². The van der Waals surface area contributed by atoms with Crippen LogP contribution >= 0.6 is 0 Å². The van der Waals surface area contributed by atoms with Gasteiger partial charge in [-0.3, -0.25) is 9.59 Å². The molecule has 0 aromatic carbocycles. The fourth-order valence-electron chi connectivity index (χ4n) is 7.47. The monoisotopic (exact) mass is 771 g/mol. The molecule has 0 aliphatic rings.